The molecule has 8 heavy (non-hydrogen) atoms. The van der Waals surface area contributed by atoms with Gasteiger partial charge >= 0.3 is 0 Å². The second-order valence-corrected chi connectivity index (χ2v) is 1.97. The average Bonchev–Trinajstić information content (AvgIpc) is 1.83. The maximum absolute atomic E-state index is 4.87. The molecule has 0 aromatic rings. The highest BCUT2D eigenvalue weighted by atomic mass is 16.5. The molecule has 0 amide bonds. The lowest BCUT2D eigenvalue weighted by Crippen LogP contribution is -2.23. The maximum atomic E-state index is 4.87. The smallest absolute Gasteiger partial charge is 0.182 e. The molecule has 0 heterocycles. The van der Waals surface area contributed by atoms with Crippen molar-refractivity contribution < 1.29 is 4.74 Å². The topological polar surface area (TPSA) is 21.3 Å². The molecule has 0 radical (unpaired) electrons. The van der Waals surface area contributed by atoms with E-state index < -0.39 is 0 Å². The van der Waals surface area contributed by atoms with Crippen LogP contribution in [0.2, 0.25) is 0 Å². The fourth-order valence-corrected chi connectivity index (χ4v) is 0.439. The SMILES string of the molecule is BN[C@@H](C)CCOC. The van der Waals surface area contributed by atoms with Gasteiger partial charge in [-0.15, -0.1) is 0 Å². The fraction of sp³-hybridized carbons (Fsp3) is 1.00. The molecule has 0 aromatic heterocycles. The van der Waals surface area contributed by atoms with Crippen LogP contribution in [0.1, 0.15) is 13.3 Å². The van der Waals surface area contributed by atoms with Gasteiger partial charge in [0.15, 0.2) is 7.98 Å². The Morgan fingerprint density at radius 1 is 1.75 bits per heavy atom. The van der Waals surface area contributed by atoms with Crippen LogP contribution in [-0.4, -0.2) is 27.7 Å². The lowest BCUT2D eigenvalue weighted by molar-refractivity contribution is 0.188. The van der Waals surface area contributed by atoms with E-state index in [-0.39, 0.29) is 0 Å². The van der Waals surface area contributed by atoms with Crippen LogP contribution in [0.5, 0.6) is 0 Å². The van der Waals surface area contributed by atoms with Crippen LogP contribution >= 0.6 is 0 Å². The lowest BCUT2D eigenvalue weighted by atomic mass is 10.2. The van der Waals surface area contributed by atoms with Gasteiger partial charge < -0.3 is 9.96 Å². The third-order valence-corrected chi connectivity index (χ3v) is 1.25. The van der Waals surface area contributed by atoms with Crippen molar-refractivity contribution in [3.8, 4) is 0 Å². The summed E-state index contributed by atoms with van der Waals surface area (Å²) in [6.07, 6.45) is 1.09. The molecular weight excluding hydrogens is 101 g/mol. The standard InChI is InChI=1S/C5H14BNO/c1-5(7-6)3-4-8-2/h5,7H,3-4,6H2,1-2H3/t5-/m0/s1. The molecule has 0 fully saturated rings. The summed E-state index contributed by atoms with van der Waals surface area (Å²) in [4.78, 5) is 0. The zero-order valence-corrected chi connectivity index (χ0v) is 5.90. The molecule has 1 N–H and O–H groups in total. The highest BCUT2D eigenvalue weighted by Crippen LogP contribution is 1.86. The van der Waals surface area contributed by atoms with E-state index in [4.69, 9.17) is 4.74 Å². The third-order valence-electron chi connectivity index (χ3n) is 1.25. The number of rotatable bonds is 4. The van der Waals surface area contributed by atoms with Gasteiger partial charge in [-0.3, -0.25) is 0 Å². The summed E-state index contributed by atoms with van der Waals surface area (Å²) in [5.41, 5.74) is 0. The first kappa shape index (κ1) is 7.98. The van der Waals surface area contributed by atoms with Gasteiger partial charge in [-0.25, -0.2) is 0 Å². The van der Waals surface area contributed by atoms with Crippen molar-refractivity contribution in [2.45, 2.75) is 19.4 Å². The molecule has 0 aromatic carbocycles. The Morgan fingerprint density at radius 3 is 2.75 bits per heavy atom. The third kappa shape index (κ3) is 4.15. The maximum Gasteiger partial charge on any atom is 0.182 e. The van der Waals surface area contributed by atoms with Crippen LogP contribution in [0.4, 0.5) is 0 Å². The van der Waals surface area contributed by atoms with E-state index in [0.717, 1.165) is 13.0 Å². The molecule has 0 bridgehead atoms. The Balaban J connectivity index is 2.86. The summed E-state index contributed by atoms with van der Waals surface area (Å²) >= 11 is 0. The van der Waals surface area contributed by atoms with Crippen molar-refractivity contribution in [3.63, 3.8) is 0 Å². The van der Waals surface area contributed by atoms with Crippen molar-refractivity contribution >= 4 is 7.98 Å². The predicted molar refractivity (Wildman–Crippen MR) is 37.6 cm³/mol. The molecule has 0 aliphatic carbocycles. The van der Waals surface area contributed by atoms with Crippen molar-refractivity contribution in [2.24, 2.45) is 0 Å². The van der Waals surface area contributed by atoms with E-state index in [9.17, 15) is 0 Å². The van der Waals surface area contributed by atoms with Gasteiger partial charge in [0.05, 0.1) is 0 Å². The van der Waals surface area contributed by atoms with Gasteiger partial charge in [-0.2, -0.15) is 0 Å². The quantitative estimate of drug-likeness (QED) is 0.501. The first-order chi connectivity index (χ1) is 3.81. The van der Waals surface area contributed by atoms with Crippen LogP contribution < -0.4 is 5.23 Å². The lowest BCUT2D eigenvalue weighted by Gasteiger charge is -2.07. The fourth-order valence-electron chi connectivity index (χ4n) is 0.439. The summed E-state index contributed by atoms with van der Waals surface area (Å²) in [6.45, 7) is 2.99. The highest BCUT2D eigenvalue weighted by Gasteiger charge is 1.93. The minimum atomic E-state index is 0.579. The summed E-state index contributed by atoms with van der Waals surface area (Å²) < 4.78 is 4.87. The number of methoxy groups -OCH3 is 1. The molecule has 48 valence electrons. The number of hydrogen-bond donors (Lipinski definition) is 1. The van der Waals surface area contributed by atoms with Gasteiger partial charge in [-0.1, -0.05) is 6.92 Å². The van der Waals surface area contributed by atoms with Gasteiger partial charge in [0.1, 0.15) is 0 Å². The van der Waals surface area contributed by atoms with Crippen molar-refractivity contribution in [2.75, 3.05) is 13.7 Å². The molecule has 2 nitrogen and oxygen atoms in total. The van der Waals surface area contributed by atoms with Gasteiger partial charge in [0, 0.05) is 13.7 Å². The van der Waals surface area contributed by atoms with E-state index in [1.165, 1.54) is 0 Å². The minimum Gasteiger partial charge on any atom is -0.385 e. The van der Waals surface area contributed by atoms with Crippen molar-refractivity contribution in [1.29, 1.82) is 0 Å². The first-order valence-corrected chi connectivity index (χ1v) is 2.97. The Labute approximate surface area is 52.0 Å². The Hall–Kier alpha value is -0.0151. The van der Waals surface area contributed by atoms with Crippen LogP contribution in [0.25, 0.3) is 0 Å². The molecule has 0 saturated heterocycles. The van der Waals surface area contributed by atoms with Crippen molar-refractivity contribution in [1.82, 2.24) is 5.23 Å². The van der Waals surface area contributed by atoms with Crippen LogP contribution in [0.15, 0.2) is 0 Å². The largest absolute Gasteiger partial charge is 0.385 e. The predicted octanol–water partition coefficient (Wildman–Crippen LogP) is -0.451. The molecule has 0 aliphatic heterocycles. The second kappa shape index (κ2) is 5.13. The monoisotopic (exact) mass is 115 g/mol. The normalized spacial score (nSPS) is 13.8. The number of hydrogen-bond acceptors (Lipinski definition) is 2. The Morgan fingerprint density at radius 2 is 2.38 bits per heavy atom. The Kier molecular flexibility index (Phi) is 5.12. The molecule has 0 saturated carbocycles. The van der Waals surface area contributed by atoms with Gasteiger partial charge in [0.25, 0.3) is 0 Å². The summed E-state index contributed by atoms with van der Waals surface area (Å²) in [6, 6.07) is 0.579. The molecule has 3 heteroatoms. The molecule has 0 unspecified atom stereocenters. The number of ether oxygens (including phenoxy) is 1. The second-order valence-electron chi connectivity index (χ2n) is 1.97. The van der Waals surface area contributed by atoms with Crippen LogP contribution in [-0.2, 0) is 4.74 Å². The summed E-state index contributed by atoms with van der Waals surface area (Å²) in [5, 5.41) is 3.12. The summed E-state index contributed by atoms with van der Waals surface area (Å²) in [5.74, 6) is 0. The molecule has 0 rings (SSSR count). The number of nitrogens with one attached hydrogen (secondary N) is 1. The van der Waals surface area contributed by atoms with E-state index in [2.05, 4.69) is 12.2 Å². The zero-order valence-electron chi connectivity index (χ0n) is 5.90. The Bertz CT molecular complexity index is 51.7. The molecule has 1 atom stereocenters. The van der Waals surface area contributed by atoms with Crippen molar-refractivity contribution in [3.05, 3.63) is 0 Å². The summed E-state index contributed by atoms with van der Waals surface area (Å²) in [7, 11) is 3.68. The van der Waals surface area contributed by atoms with Gasteiger partial charge in [0.2, 0.25) is 0 Å². The van der Waals surface area contributed by atoms with Crippen LogP contribution in [0, 0.1) is 0 Å². The van der Waals surface area contributed by atoms with Crippen LogP contribution in [0.3, 0.4) is 0 Å². The van der Waals surface area contributed by atoms with E-state index in [1.807, 2.05) is 7.98 Å². The molecular formula is C5H14BNO. The van der Waals surface area contributed by atoms with E-state index in [1.54, 1.807) is 7.11 Å². The molecule has 0 spiro atoms. The molecule has 0 aliphatic rings. The first-order valence-electron chi connectivity index (χ1n) is 2.97. The highest BCUT2D eigenvalue weighted by molar-refractivity contribution is 6.04. The van der Waals surface area contributed by atoms with E-state index in [0.29, 0.717) is 6.04 Å². The average molecular weight is 115 g/mol. The minimum absolute atomic E-state index is 0.579. The van der Waals surface area contributed by atoms with Gasteiger partial charge in [-0.05, 0) is 12.5 Å². The van der Waals surface area contributed by atoms with E-state index >= 15 is 0 Å². The zero-order chi connectivity index (χ0) is 6.41.